The fraction of sp³-hybridized carbons (Fsp3) is 0.192. The third kappa shape index (κ3) is 4.43. The van der Waals surface area contributed by atoms with Crippen molar-refractivity contribution < 1.29 is 14.4 Å². The highest BCUT2D eigenvalue weighted by Gasteiger charge is 2.37. The summed E-state index contributed by atoms with van der Waals surface area (Å²) in [6, 6.07) is 15.8. The number of thiophene rings is 1. The molecular formula is C26H22ClN5O3S. The average molecular weight is 520 g/mol. The Bertz CT molecular complexity index is 1460. The largest absolute Gasteiger partial charge is 0.346 e. The minimum absolute atomic E-state index is 0.0457. The molecule has 1 aliphatic heterocycles. The van der Waals surface area contributed by atoms with Crippen molar-refractivity contribution in [3.05, 3.63) is 92.3 Å². The van der Waals surface area contributed by atoms with Crippen LogP contribution in [-0.4, -0.2) is 50.2 Å². The standard InChI is InChI=1S/C26H22ClN5O3S/c1-15-7-3-4-8-16(15)11-17(14-32-25(34)18-9-5-6-10-19(18)26(32)35)29-24(33)22-12-20(23(27)36-22)21-13-28-30-31(21)2/h3-10,12-13,17H,11,14H2,1-2H3,(H,29,33)/t17-/m0/s1. The van der Waals surface area contributed by atoms with Crippen molar-refractivity contribution in [3.63, 3.8) is 0 Å². The van der Waals surface area contributed by atoms with Gasteiger partial charge in [0.2, 0.25) is 0 Å². The molecule has 3 heterocycles. The van der Waals surface area contributed by atoms with Gasteiger partial charge in [0.15, 0.2) is 0 Å². The first kappa shape index (κ1) is 23.9. The summed E-state index contributed by atoms with van der Waals surface area (Å²) in [5, 5.41) is 10.8. The van der Waals surface area contributed by atoms with Crippen molar-refractivity contribution in [3.8, 4) is 11.3 Å². The van der Waals surface area contributed by atoms with Gasteiger partial charge in [-0.2, -0.15) is 0 Å². The van der Waals surface area contributed by atoms with E-state index in [1.807, 2.05) is 31.2 Å². The highest BCUT2D eigenvalue weighted by atomic mass is 35.5. The number of fused-ring (bicyclic) bond motifs is 1. The Morgan fingerprint density at radius 1 is 1.06 bits per heavy atom. The Morgan fingerprint density at radius 2 is 1.72 bits per heavy atom. The van der Waals surface area contributed by atoms with Crippen LogP contribution in [0.5, 0.6) is 0 Å². The Kier molecular flexibility index (Phi) is 6.42. The van der Waals surface area contributed by atoms with Crippen molar-refractivity contribution in [2.75, 3.05) is 6.54 Å². The molecule has 1 atom stereocenters. The van der Waals surface area contributed by atoms with E-state index in [2.05, 4.69) is 15.6 Å². The molecule has 0 aliphatic carbocycles. The second-order valence-electron chi connectivity index (χ2n) is 8.61. The lowest BCUT2D eigenvalue weighted by Crippen LogP contribution is -2.46. The number of rotatable bonds is 7. The van der Waals surface area contributed by atoms with Crippen molar-refractivity contribution in [2.45, 2.75) is 19.4 Å². The van der Waals surface area contributed by atoms with Crippen LogP contribution in [0.25, 0.3) is 11.3 Å². The summed E-state index contributed by atoms with van der Waals surface area (Å²) in [5.74, 6) is -1.05. The van der Waals surface area contributed by atoms with E-state index in [9.17, 15) is 14.4 Å². The number of imide groups is 1. The molecule has 2 aromatic carbocycles. The third-order valence-electron chi connectivity index (χ3n) is 6.24. The van der Waals surface area contributed by atoms with Gasteiger partial charge in [0.05, 0.1) is 33.9 Å². The molecule has 0 fully saturated rings. The summed E-state index contributed by atoms with van der Waals surface area (Å²) in [5.41, 5.74) is 4.19. The Balaban J connectivity index is 1.41. The number of amides is 3. The van der Waals surface area contributed by atoms with Crippen LogP contribution in [-0.2, 0) is 13.5 Å². The molecular weight excluding hydrogens is 498 g/mol. The molecule has 5 rings (SSSR count). The lowest BCUT2D eigenvalue weighted by molar-refractivity contribution is 0.0629. The second-order valence-corrected chi connectivity index (χ2v) is 10.3. The molecule has 182 valence electrons. The van der Waals surface area contributed by atoms with Gasteiger partial charge in [0, 0.05) is 19.2 Å². The zero-order valence-corrected chi connectivity index (χ0v) is 21.1. The zero-order chi connectivity index (χ0) is 25.4. The summed E-state index contributed by atoms with van der Waals surface area (Å²) in [6.45, 7) is 2.04. The predicted molar refractivity (Wildman–Crippen MR) is 137 cm³/mol. The number of hydrogen-bond acceptors (Lipinski definition) is 6. The normalized spacial score (nSPS) is 13.7. The van der Waals surface area contributed by atoms with Crippen LogP contribution in [0.4, 0.5) is 0 Å². The number of hydrogen-bond donors (Lipinski definition) is 1. The lowest BCUT2D eigenvalue weighted by atomic mass is 10.0. The van der Waals surface area contributed by atoms with E-state index in [1.165, 1.54) is 4.90 Å². The van der Waals surface area contributed by atoms with Gasteiger partial charge >= 0.3 is 0 Å². The maximum atomic E-state index is 13.3. The van der Waals surface area contributed by atoms with E-state index in [1.54, 1.807) is 48.3 Å². The van der Waals surface area contributed by atoms with Gasteiger partial charge in [-0.3, -0.25) is 19.3 Å². The first-order chi connectivity index (χ1) is 17.3. The molecule has 0 unspecified atom stereocenters. The SMILES string of the molecule is Cc1ccccc1C[C@@H](CN1C(=O)c2ccccc2C1=O)NC(=O)c1cc(-c2cnnn2C)c(Cl)s1. The first-order valence-electron chi connectivity index (χ1n) is 11.3. The number of halogens is 1. The minimum atomic E-state index is -0.511. The molecule has 10 heteroatoms. The third-order valence-corrected chi connectivity index (χ3v) is 7.60. The quantitative estimate of drug-likeness (QED) is 0.370. The second kappa shape index (κ2) is 9.67. The number of carbonyl (C=O) groups is 3. The molecule has 3 amide bonds. The van der Waals surface area contributed by atoms with Crippen molar-refractivity contribution >= 4 is 40.7 Å². The monoisotopic (exact) mass is 519 g/mol. The molecule has 0 bridgehead atoms. The van der Waals surface area contributed by atoms with Crippen LogP contribution in [0.2, 0.25) is 4.34 Å². The molecule has 0 radical (unpaired) electrons. The van der Waals surface area contributed by atoms with Crippen molar-refractivity contribution in [1.82, 2.24) is 25.2 Å². The summed E-state index contributed by atoms with van der Waals surface area (Å²) in [6.07, 6.45) is 2.03. The molecule has 0 saturated heterocycles. The fourth-order valence-corrected chi connectivity index (χ4v) is 5.53. The van der Waals surface area contributed by atoms with Gasteiger partial charge in [-0.1, -0.05) is 53.2 Å². The van der Waals surface area contributed by atoms with E-state index < -0.39 is 6.04 Å². The molecule has 36 heavy (non-hydrogen) atoms. The molecule has 2 aromatic heterocycles. The molecule has 0 saturated carbocycles. The number of nitrogens with one attached hydrogen (secondary N) is 1. The van der Waals surface area contributed by atoms with Gasteiger partial charge in [-0.15, -0.1) is 16.4 Å². The van der Waals surface area contributed by atoms with Gasteiger partial charge < -0.3 is 5.32 Å². The summed E-state index contributed by atoms with van der Waals surface area (Å²) in [7, 11) is 1.75. The van der Waals surface area contributed by atoms with Crippen molar-refractivity contribution in [1.29, 1.82) is 0 Å². The maximum absolute atomic E-state index is 13.3. The molecule has 4 aromatic rings. The van der Waals surface area contributed by atoms with E-state index in [4.69, 9.17) is 11.6 Å². The van der Waals surface area contributed by atoms with Gasteiger partial charge in [-0.05, 0) is 42.7 Å². The summed E-state index contributed by atoms with van der Waals surface area (Å²) < 4.78 is 2.03. The van der Waals surface area contributed by atoms with Crippen LogP contribution in [0.1, 0.15) is 41.5 Å². The Hall–Kier alpha value is -3.82. The van der Waals surface area contributed by atoms with E-state index >= 15 is 0 Å². The minimum Gasteiger partial charge on any atom is -0.346 e. The van der Waals surface area contributed by atoms with Gasteiger partial charge in [0.1, 0.15) is 4.34 Å². The van der Waals surface area contributed by atoms with Gasteiger partial charge in [0.25, 0.3) is 17.7 Å². The number of benzene rings is 2. The maximum Gasteiger partial charge on any atom is 0.261 e. The summed E-state index contributed by atoms with van der Waals surface area (Å²) in [4.78, 5) is 40.9. The Labute approximate surface area is 216 Å². The van der Waals surface area contributed by atoms with Crippen LogP contribution in [0.3, 0.4) is 0 Å². The molecule has 1 N–H and O–H groups in total. The average Bonchev–Trinajstić information content (AvgIpc) is 3.53. The molecule has 1 aliphatic rings. The fourth-order valence-electron chi connectivity index (χ4n) is 4.34. The molecule has 8 nitrogen and oxygen atoms in total. The summed E-state index contributed by atoms with van der Waals surface area (Å²) >= 11 is 7.59. The van der Waals surface area contributed by atoms with E-state index in [0.29, 0.717) is 38.0 Å². The van der Waals surface area contributed by atoms with Crippen LogP contribution in [0, 0.1) is 6.92 Å². The molecule has 0 spiro atoms. The number of aryl methyl sites for hydroxylation is 2. The van der Waals surface area contributed by atoms with Gasteiger partial charge in [-0.25, -0.2) is 4.68 Å². The topological polar surface area (TPSA) is 97.2 Å². The predicted octanol–water partition coefficient (Wildman–Crippen LogP) is 4.14. The Morgan fingerprint density at radius 3 is 2.36 bits per heavy atom. The first-order valence-corrected chi connectivity index (χ1v) is 12.5. The lowest BCUT2D eigenvalue weighted by Gasteiger charge is -2.24. The van der Waals surface area contributed by atoms with E-state index in [-0.39, 0.29) is 24.3 Å². The van der Waals surface area contributed by atoms with Crippen molar-refractivity contribution in [2.24, 2.45) is 7.05 Å². The van der Waals surface area contributed by atoms with Crippen LogP contribution < -0.4 is 5.32 Å². The van der Waals surface area contributed by atoms with E-state index in [0.717, 1.165) is 22.5 Å². The van der Waals surface area contributed by atoms with Crippen LogP contribution >= 0.6 is 22.9 Å². The highest BCUT2D eigenvalue weighted by Crippen LogP contribution is 2.35. The number of nitrogens with zero attached hydrogens (tertiary/aromatic N) is 4. The smallest absolute Gasteiger partial charge is 0.261 e. The van der Waals surface area contributed by atoms with Crippen LogP contribution in [0.15, 0.2) is 60.8 Å². The number of carbonyl (C=O) groups excluding carboxylic acids is 3. The zero-order valence-electron chi connectivity index (χ0n) is 19.6. The highest BCUT2D eigenvalue weighted by molar-refractivity contribution is 7.18. The number of aromatic nitrogens is 3.